The molecule has 0 unspecified atom stereocenters. The van der Waals surface area contributed by atoms with Crippen molar-refractivity contribution in [3.05, 3.63) is 78.1 Å². The molecule has 0 aliphatic rings. The van der Waals surface area contributed by atoms with E-state index < -0.39 is 0 Å². The van der Waals surface area contributed by atoms with E-state index in [-0.39, 0.29) is 24.1 Å². The molecule has 140 valence electrons. The molecule has 4 rings (SSSR count). The molecule has 0 fully saturated rings. The van der Waals surface area contributed by atoms with E-state index in [0.717, 1.165) is 5.56 Å². The molecule has 0 aliphatic heterocycles. The zero-order valence-corrected chi connectivity index (χ0v) is 15.5. The second kappa shape index (κ2) is 8.18. The van der Waals surface area contributed by atoms with Gasteiger partial charge in [-0.25, -0.2) is 4.39 Å². The summed E-state index contributed by atoms with van der Waals surface area (Å²) < 4.78 is 20.3. The Morgan fingerprint density at radius 1 is 1.04 bits per heavy atom. The quantitative estimate of drug-likeness (QED) is 0.366. The Bertz CT molecular complexity index is 1120. The van der Waals surface area contributed by atoms with Crippen LogP contribution in [0.25, 0.3) is 17.0 Å². The van der Waals surface area contributed by atoms with Crippen molar-refractivity contribution in [2.24, 2.45) is 0 Å². The Kier molecular flexibility index (Phi) is 5.29. The van der Waals surface area contributed by atoms with Crippen molar-refractivity contribution >= 4 is 23.4 Å². The smallest absolute Gasteiger partial charge is 0.316 e. The molecule has 0 saturated carbocycles. The summed E-state index contributed by atoms with van der Waals surface area (Å²) in [5.41, 5.74) is 2.05. The summed E-state index contributed by atoms with van der Waals surface area (Å²) in [4.78, 5) is 12.0. The zero-order valence-electron chi connectivity index (χ0n) is 14.7. The normalized spacial score (nSPS) is 10.9. The molecule has 6 nitrogen and oxygen atoms in total. The van der Waals surface area contributed by atoms with Gasteiger partial charge in [-0.05, 0) is 29.8 Å². The summed E-state index contributed by atoms with van der Waals surface area (Å²) in [6.07, 6.45) is 0. The number of esters is 1. The first-order chi connectivity index (χ1) is 13.7. The maximum absolute atomic E-state index is 13.5. The number of benzene rings is 2. The highest BCUT2D eigenvalue weighted by molar-refractivity contribution is 7.99. The van der Waals surface area contributed by atoms with Crippen LogP contribution in [0.5, 0.6) is 0 Å². The minimum atomic E-state index is -0.360. The van der Waals surface area contributed by atoms with Crippen LogP contribution in [-0.2, 0) is 16.1 Å². The predicted octanol–water partition coefficient (Wildman–Crippen LogP) is 3.77. The van der Waals surface area contributed by atoms with Gasteiger partial charge in [0.25, 0.3) is 0 Å². The van der Waals surface area contributed by atoms with E-state index in [4.69, 9.17) is 4.74 Å². The first-order valence-electron chi connectivity index (χ1n) is 8.50. The molecule has 0 radical (unpaired) electrons. The summed E-state index contributed by atoms with van der Waals surface area (Å²) in [5, 5.41) is 13.2. The van der Waals surface area contributed by atoms with E-state index in [1.54, 1.807) is 24.3 Å². The van der Waals surface area contributed by atoms with Gasteiger partial charge in [-0.1, -0.05) is 54.2 Å². The topological polar surface area (TPSA) is 69.4 Å². The fraction of sp³-hybridized carbons (Fsp3) is 0.100. The number of fused-ring (bicyclic) bond motifs is 1. The van der Waals surface area contributed by atoms with Gasteiger partial charge >= 0.3 is 5.97 Å². The fourth-order valence-electron chi connectivity index (χ4n) is 2.57. The number of nitrogens with zero attached hydrogens (tertiary/aromatic N) is 4. The summed E-state index contributed by atoms with van der Waals surface area (Å²) in [5.74, 6) is -0.127. The van der Waals surface area contributed by atoms with E-state index in [1.165, 1.54) is 28.4 Å². The number of halogens is 1. The average Bonchev–Trinajstić information content (AvgIpc) is 3.15. The molecule has 2 aromatic carbocycles. The van der Waals surface area contributed by atoms with E-state index in [9.17, 15) is 9.18 Å². The first-order valence-corrected chi connectivity index (χ1v) is 9.48. The third-order valence-electron chi connectivity index (χ3n) is 3.90. The first kappa shape index (κ1) is 18.1. The van der Waals surface area contributed by atoms with E-state index in [1.807, 2.05) is 30.3 Å². The second-order valence-electron chi connectivity index (χ2n) is 5.91. The van der Waals surface area contributed by atoms with Gasteiger partial charge in [-0.15, -0.1) is 10.2 Å². The van der Waals surface area contributed by atoms with Crippen LogP contribution in [0.1, 0.15) is 5.56 Å². The SMILES string of the molecule is O=C(CSc1ccc2nnc(-c3cccc(F)c3)n2n1)OCc1ccccc1. The Balaban J connectivity index is 1.44. The highest BCUT2D eigenvalue weighted by Gasteiger charge is 2.12. The van der Waals surface area contributed by atoms with Crippen molar-refractivity contribution in [2.45, 2.75) is 11.6 Å². The fourth-order valence-corrected chi connectivity index (χ4v) is 3.22. The Hall–Kier alpha value is -3.26. The van der Waals surface area contributed by atoms with Crippen LogP contribution in [0, 0.1) is 5.82 Å². The molecule has 0 bridgehead atoms. The molecule has 28 heavy (non-hydrogen) atoms. The van der Waals surface area contributed by atoms with Gasteiger partial charge in [0.1, 0.15) is 17.5 Å². The highest BCUT2D eigenvalue weighted by atomic mass is 32.2. The molecule has 2 heterocycles. The molecule has 0 atom stereocenters. The van der Waals surface area contributed by atoms with Gasteiger partial charge in [0.15, 0.2) is 11.5 Å². The van der Waals surface area contributed by atoms with Crippen molar-refractivity contribution in [2.75, 3.05) is 5.75 Å². The van der Waals surface area contributed by atoms with Crippen LogP contribution in [0.2, 0.25) is 0 Å². The third kappa shape index (κ3) is 4.17. The molecule has 8 heteroatoms. The molecule has 0 amide bonds. The van der Waals surface area contributed by atoms with Gasteiger partial charge in [0.05, 0.1) is 5.75 Å². The molecule has 2 aromatic heterocycles. The summed E-state index contributed by atoms with van der Waals surface area (Å²) >= 11 is 1.25. The van der Waals surface area contributed by atoms with Crippen molar-refractivity contribution in [3.8, 4) is 11.4 Å². The van der Waals surface area contributed by atoms with Gasteiger partial charge in [0, 0.05) is 5.56 Å². The molecule has 0 N–H and O–H groups in total. The molecular formula is C20H15FN4O2S. The van der Waals surface area contributed by atoms with Crippen LogP contribution in [0.4, 0.5) is 4.39 Å². The van der Waals surface area contributed by atoms with E-state index >= 15 is 0 Å². The van der Waals surface area contributed by atoms with Gasteiger partial charge < -0.3 is 4.74 Å². The molecule has 0 aliphatic carbocycles. The van der Waals surface area contributed by atoms with Crippen LogP contribution < -0.4 is 0 Å². The van der Waals surface area contributed by atoms with Gasteiger partial charge in [0.2, 0.25) is 0 Å². The van der Waals surface area contributed by atoms with Crippen LogP contribution in [0.3, 0.4) is 0 Å². The summed E-state index contributed by atoms with van der Waals surface area (Å²) in [6, 6.07) is 19.1. The lowest BCUT2D eigenvalue weighted by atomic mass is 10.2. The van der Waals surface area contributed by atoms with Crippen molar-refractivity contribution in [1.29, 1.82) is 0 Å². The summed E-state index contributed by atoms with van der Waals surface area (Å²) in [7, 11) is 0. The van der Waals surface area contributed by atoms with Crippen LogP contribution in [-0.4, -0.2) is 31.5 Å². The monoisotopic (exact) mass is 394 g/mol. The number of rotatable bonds is 6. The molecular weight excluding hydrogens is 379 g/mol. The lowest BCUT2D eigenvalue weighted by Crippen LogP contribution is -2.07. The maximum Gasteiger partial charge on any atom is 0.316 e. The Morgan fingerprint density at radius 2 is 1.89 bits per heavy atom. The van der Waals surface area contributed by atoms with Gasteiger partial charge in [-0.2, -0.15) is 9.61 Å². The minimum Gasteiger partial charge on any atom is -0.460 e. The summed E-state index contributed by atoms with van der Waals surface area (Å²) in [6.45, 7) is 0.238. The number of aromatic nitrogens is 4. The number of thioether (sulfide) groups is 1. The number of carbonyl (C=O) groups excluding carboxylic acids is 1. The standard InChI is InChI=1S/C20H15FN4O2S/c21-16-8-4-7-15(11-16)20-23-22-17-9-10-18(24-25(17)20)28-13-19(26)27-12-14-5-2-1-3-6-14/h1-11H,12-13H2. The molecule has 0 saturated heterocycles. The molecule has 0 spiro atoms. The number of ether oxygens (including phenoxy) is 1. The largest absolute Gasteiger partial charge is 0.460 e. The van der Waals surface area contributed by atoms with Crippen LogP contribution in [0.15, 0.2) is 71.8 Å². The third-order valence-corrected chi connectivity index (χ3v) is 4.80. The van der Waals surface area contributed by atoms with Crippen molar-refractivity contribution in [3.63, 3.8) is 0 Å². The number of hydrogen-bond donors (Lipinski definition) is 0. The second-order valence-corrected chi connectivity index (χ2v) is 6.91. The minimum absolute atomic E-state index is 0.128. The maximum atomic E-state index is 13.5. The Morgan fingerprint density at radius 3 is 2.71 bits per heavy atom. The number of carbonyl (C=O) groups is 1. The van der Waals surface area contributed by atoms with E-state index in [2.05, 4.69) is 15.3 Å². The average molecular weight is 394 g/mol. The van der Waals surface area contributed by atoms with Crippen molar-refractivity contribution < 1.29 is 13.9 Å². The lowest BCUT2D eigenvalue weighted by Gasteiger charge is -2.05. The molecule has 4 aromatic rings. The highest BCUT2D eigenvalue weighted by Crippen LogP contribution is 2.21. The van der Waals surface area contributed by atoms with Gasteiger partial charge in [-0.3, -0.25) is 4.79 Å². The Labute approximate surface area is 164 Å². The van der Waals surface area contributed by atoms with Crippen LogP contribution >= 0.6 is 11.8 Å². The lowest BCUT2D eigenvalue weighted by molar-refractivity contribution is -0.141. The zero-order chi connectivity index (χ0) is 19.3. The van der Waals surface area contributed by atoms with E-state index in [0.29, 0.717) is 22.1 Å². The number of hydrogen-bond acceptors (Lipinski definition) is 6. The van der Waals surface area contributed by atoms with Crippen molar-refractivity contribution in [1.82, 2.24) is 19.8 Å². The predicted molar refractivity (Wildman–Crippen MR) is 103 cm³/mol.